The zero-order chi connectivity index (χ0) is 26.9. The number of nitrogens with one attached hydrogen (secondary N) is 1. The van der Waals surface area contributed by atoms with Gasteiger partial charge < -0.3 is 24.4 Å². The number of carbonyl (C=O) groups excluding carboxylic acids is 2. The van der Waals surface area contributed by atoms with Gasteiger partial charge in [-0.05, 0) is 46.6 Å². The van der Waals surface area contributed by atoms with Crippen molar-refractivity contribution in [2.75, 3.05) is 17.3 Å². The molecule has 1 aromatic carbocycles. The van der Waals surface area contributed by atoms with Gasteiger partial charge in [-0.25, -0.2) is 14.8 Å². The van der Waals surface area contributed by atoms with Crippen LogP contribution in [0.15, 0.2) is 41.7 Å². The fourth-order valence-electron chi connectivity index (χ4n) is 5.93. The number of ether oxygens (including phenoxy) is 3. The first-order chi connectivity index (χ1) is 18.2. The maximum absolute atomic E-state index is 12.8. The van der Waals surface area contributed by atoms with Crippen molar-refractivity contribution < 1.29 is 23.8 Å². The SMILES string of the molecule is CCOC(=O)CCSc1cnc(N2[C@@H]3CC[C@H]2C[C@]2(C3)Oc3ccccc3[C@H]2NC(=O)OC(C)(C)C)cn1. The molecule has 3 aliphatic heterocycles. The Labute approximate surface area is 228 Å². The average molecular weight is 541 g/mol. The van der Waals surface area contributed by atoms with E-state index in [0.717, 1.165) is 47.8 Å². The zero-order valence-electron chi connectivity index (χ0n) is 22.4. The van der Waals surface area contributed by atoms with Gasteiger partial charge in [0.2, 0.25) is 0 Å². The van der Waals surface area contributed by atoms with Gasteiger partial charge in [0.15, 0.2) is 0 Å². The lowest BCUT2D eigenvalue weighted by Crippen LogP contribution is -2.58. The van der Waals surface area contributed by atoms with E-state index in [9.17, 15) is 9.59 Å². The summed E-state index contributed by atoms with van der Waals surface area (Å²) < 4.78 is 17.3. The molecule has 0 saturated carbocycles. The first-order valence-electron chi connectivity index (χ1n) is 13.3. The van der Waals surface area contributed by atoms with Crippen LogP contribution < -0.4 is 15.0 Å². The van der Waals surface area contributed by atoms with E-state index in [0.29, 0.717) is 18.8 Å². The van der Waals surface area contributed by atoms with Gasteiger partial charge in [0.25, 0.3) is 0 Å². The molecular formula is C28H36N4O5S. The maximum atomic E-state index is 12.8. The van der Waals surface area contributed by atoms with Gasteiger partial charge in [-0.3, -0.25) is 4.79 Å². The molecule has 1 aromatic heterocycles. The van der Waals surface area contributed by atoms with Crippen molar-refractivity contribution in [3.63, 3.8) is 0 Å². The van der Waals surface area contributed by atoms with Gasteiger partial charge in [0, 0.05) is 36.2 Å². The predicted molar refractivity (Wildman–Crippen MR) is 144 cm³/mol. The standard InChI is InChI=1S/C28H36N4O5S/c1-5-35-24(33)12-13-38-23-17-29-22(16-30-23)32-18-10-11-19(32)15-28(14-18)25(31-26(34)37-27(2,3)4)20-8-6-7-9-21(20)36-28/h6-9,16-19,25H,5,10-15H2,1-4H3,(H,31,34)/t18-,19+,25-,28+/m1/s1. The minimum Gasteiger partial charge on any atom is -0.484 e. The summed E-state index contributed by atoms with van der Waals surface area (Å²) in [6, 6.07) is 8.12. The van der Waals surface area contributed by atoms with Gasteiger partial charge in [-0.15, -0.1) is 11.8 Å². The third-order valence-electron chi connectivity index (χ3n) is 7.25. The quantitative estimate of drug-likeness (QED) is 0.382. The number of piperidine rings is 1. The Kier molecular flexibility index (Phi) is 7.44. The fourth-order valence-corrected chi connectivity index (χ4v) is 6.67. The Morgan fingerprint density at radius 3 is 2.55 bits per heavy atom. The number of esters is 1. The third-order valence-corrected chi connectivity index (χ3v) is 8.17. The lowest BCUT2D eigenvalue weighted by molar-refractivity contribution is -0.142. The van der Waals surface area contributed by atoms with E-state index in [1.807, 2.05) is 51.2 Å². The van der Waals surface area contributed by atoms with Crippen LogP contribution in [0.4, 0.5) is 10.6 Å². The number of nitrogens with zero attached hydrogens (tertiary/aromatic N) is 3. The largest absolute Gasteiger partial charge is 0.484 e. The Morgan fingerprint density at radius 2 is 1.89 bits per heavy atom. The molecule has 2 fully saturated rings. The molecule has 10 heteroatoms. The van der Waals surface area contributed by atoms with Crippen LogP contribution in [-0.4, -0.2) is 57.7 Å². The second kappa shape index (κ2) is 10.6. The van der Waals surface area contributed by atoms with Crippen molar-refractivity contribution in [2.45, 2.75) is 94.2 Å². The summed E-state index contributed by atoms with van der Waals surface area (Å²) in [5.41, 5.74) is -0.130. The molecule has 9 nitrogen and oxygen atoms in total. The van der Waals surface area contributed by atoms with Gasteiger partial charge in [0.05, 0.1) is 25.4 Å². The summed E-state index contributed by atoms with van der Waals surface area (Å²) in [5.74, 6) is 2.09. The summed E-state index contributed by atoms with van der Waals surface area (Å²) in [5, 5.41) is 3.94. The van der Waals surface area contributed by atoms with Crippen LogP contribution in [0.1, 0.15) is 71.4 Å². The number of hydrogen-bond donors (Lipinski definition) is 1. The molecule has 0 unspecified atom stereocenters. The molecule has 5 rings (SSSR count). The molecular weight excluding hydrogens is 504 g/mol. The number of alkyl carbamates (subject to hydrolysis) is 1. The van der Waals surface area contributed by atoms with E-state index < -0.39 is 17.3 Å². The van der Waals surface area contributed by atoms with Crippen molar-refractivity contribution in [3.8, 4) is 5.75 Å². The molecule has 1 amide bonds. The smallest absolute Gasteiger partial charge is 0.408 e. The van der Waals surface area contributed by atoms with E-state index in [1.54, 1.807) is 13.1 Å². The molecule has 204 valence electrons. The molecule has 2 bridgehead atoms. The summed E-state index contributed by atoms with van der Waals surface area (Å²) in [6.45, 7) is 7.80. The summed E-state index contributed by atoms with van der Waals surface area (Å²) >= 11 is 1.50. The molecule has 4 heterocycles. The van der Waals surface area contributed by atoms with E-state index >= 15 is 0 Å². The van der Waals surface area contributed by atoms with Gasteiger partial charge in [-0.2, -0.15) is 0 Å². The topological polar surface area (TPSA) is 103 Å². The van der Waals surface area contributed by atoms with Crippen molar-refractivity contribution in [2.24, 2.45) is 0 Å². The molecule has 3 aliphatic rings. The second-order valence-electron chi connectivity index (χ2n) is 11.1. The van der Waals surface area contributed by atoms with E-state index in [4.69, 9.17) is 19.2 Å². The van der Waals surface area contributed by atoms with Gasteiger partial charge >= 0.3 is 12.1 Å². The summed E-state index contributed by atoms with van der Waals surface area (Å²) in [6.07, 6.45) is 7.11. The van der Waals surface area contributed by atoms with Gasteiger partial charge in [0.1, 0.15) is 33.8 Å². The molecule has 2 saturated heterocycles. The number of thioether (sulfide) groups is 1. The highest BCUT2D eigenvalue weighted by Crippen LogP contribution is 2.54. The van der Waals surface area contributed by atoms with Crippen LogP contribution >= 0.6 is 11.8 Å². The molecule has 2 aromatic rings. The number of carbonyl (C=O) groups is 2. The van der Waals surface area contributed by atoms with Crippen LogP contribution in [0.25, 0.3) is 0 Å². The number of benzene rings is 1. The second-order valence-corrected chi connectivity index (χ2v) is 12.2. The lowest BCUT2D eigenvalue weighted by atomic mass is 9.79. The summed E-state index contributed by atoms with van der Waals surface area (Å²) in [4.78, 5) is 36.1. The number of rotatable bonds is 7. The van der Waals surface area contributed by atoms with Crippen LogP contribution in [0.5, 0.6) is 5.75 Å². The molecule has 38 heavy (non-hydrogen) atoms. The number of hydrogen-bond acceptors (Lipinski definition) is 9. The summed E-state index contributed by atoms with van der Waals surface area (Å²) in [7, 11) is 0. The maximum Gasteiger partial charge on any atom is 0.408 e. The average Bonchev–Trinajstić information content (AvgIpc) is 3.29. The van der Waals surface area contributed by atoms with E-state index in [-0.39, 0.29) is 24.1 Å². The van der Waals surface area contributed by atoms with Crippen molar-refractivity contribution in [3.05, 3.63) is 42.2 Å². The fraction of sp³-hybridized carbons (Fsp3) is 0.571. The van der Waals surface area contributed by atoms with Crippen LogP contribution in [0.2, 0.25) is 0 Å². The Bertz CT molecular complexity index is 1150. The monoisotopic (exact) mass is 540 g/mol. The van der Waals surface area contributed by atoms with E-state index in [2.05, 4.69) is 15.2 Å². The lowest BCUT2D eigenvalue weighted by Gasteiger charge is -2.47. The molecule has 0 aliphatic carbocycles. The van der Waals surface area contributed by atoms with Crippen molar-refractivity contribution >= 4 is 29.6 Å². The number of aromatic nitrogens is 2. The minimum atomic E-state index is -0.583. The van der Waals surface area contributed by atoms with Gasteiger partial charge in [-0.1, -0.05) is 18.2 Å². The Balaban J connectivity index is 1.29. The molecule has 0 radical (unpaired) electrons. The highest BCUT2D eigenvalue weighted by molar-refractivity contribution is 7.99. The molecule has 4 atom stereocenters. The zero-order valence-corrected chi connectivity index (χ0v) is 23.3. The highest BCUT2D eigenvalue weighted by atomic mass is 32.2. The number of anilines is 1. The van der Waals surface area contributed by atoms with E-state index in [1.165, 1.54) is 11.8 Å². The highest BCUT2D eigenvalue weighted by Gasteiger charge is 2.58. The number of amides is 1. The Hall–Kier alpha value is -3.01. The first kappa shape index (κ1) is 26.6. The predicted octanol–water partition coefficient (Wildman–Crippen LogP) is 5.05. The van der Waals surface area contributed by atoms with Crippen molar-refractivity contribution in [1.29, 1.82) is 0 Å². The molecule has 1 N–H and O–H groups in total. The van der Waals surface area contributed by atoms with Crippen LogP contribution in [-0.2, 0) is 14.3 Å². The number of para-hydroxylation sites is 1. The van der Waals surface area contributed by atoms with Crippen molar-refractivity contribution in [1.82, 2.24) is 15.3 Å². The third kappa shape index (κ3) is 5.55. The van der Waals surface area contributed by atoms with Crippen LogP contribution in [0.3, 0.4) is 0 Å². The first-order valence-corrected chi connectivity index (χ1v) is 14.3. The normalized spacial score (nSPS) is 25.6. The molecule has 1 spiro atoms. The Morgan fingerprint density at radius 1 is 1.16 bits per heavy atom. The number of fused-ring (bicyclic) bond motifs is 3. The minimum absolute atomic E-state index is 0.195. The van der Waals surface area contributed by atoms with Crippen LogP contribution in [0, 0.1) is 0 Å².